The Labute approximate surface area is 160 Å². The molecular formula is C22H26N2O3. The maximum atomic E-state index is 12.8. The van der Waals surface area contributed by atoms with Crippen molar-refractivity contribution in [1.29, 1.82) is 0 Å². The van der Waals surface area contributed by atoms with Gasteiger partial charge in [0.15, 0.2) is 5.78 Å². The molecule has 1 heterocycles. The van der Waals surface area contributed by atoms with Gasteiger partial charge in [-0.2, -0.15) is 0 Å². The molecule has 0 radical (unpaired) electrons. The topological polar surface area (TPSA) is 49.9 Å². The largest absolute Gasteiger partial charge is 0.496 e. The van der Waals surface area contributed by atoms with Gasteiger partial charge in [0.25, 0.3) is 0 Å². The number of methoxy groups -OCH3 is 1. The van der Waals surface area contributed by atoms with Crippen molar-refractivity contribution in [3.63, 3.8) is 0 Å². The number of anilines is 1. The maximum Gasteiger partial charge on any atom is 0.227 e. The number of piperazine rings is 1. The van der Waals surface area contributed by atoms with Gasteiger partial charge < -0.3 is 14.5 Å². The summed E-state index contributed by atoms with van der Waals surface area (Å²) >= 11 is 0. The molecule has 2 aromatic rings. The van der Waals surface area contributed by atoms with E-state index in [1.807, 2.05) is 4.90 Å². The molecule has 5 heteroatoms. The molecule has 0 aromatic heterocycles. The van der Waals surface area contributed by atoms with E-state index in [1.165, 1.54) is 18.2 Å². The van der Waals surface area contributed by atoms with E-state index < -0.39 is 0 Å². The Hall–Kier alpha value is -2.82. The normalized spacial score (nSPS) is 14.2. The zero-order valence-electron chi connectivity index (χ0n) is 16.2. The highest BCUT2D eigenvalue weighted by Crippen LogP contribution is 2.23. The van der Waals surface area contributed by atoms with E-state index in [1.54, 1.807) is 25.3 Å². The van der Waals surface area contributed by atoms with Crippen LogP contribution in [0.1, 0.15) is 28.4 Å². The van der Waals surface area contributed by atoms with Gasteiger partial charge in [-0.25, -0.2) is 0 Å². The van der Waals surface area contributed by atoms with Crippen molar-refractivity contribution in [3.8, 4) is 5.75 Å². The van der Waals surface area contributed by atoms with Crippen molar-refractivity contribution < 1.29 is 14.3 Å². The van der Waals surface area contributed by atoms with Gasteiger partial charge in [-0.1, -0.05) is 12.1 Å². The summed E-state index contributed by atoms with van der Waals surface area (Å²) in [5.41, 5.74) is 3.81. The molecule has 1 aliphatic heterocycles. The van der Waals surface area contributed by atoms with Crippen molar-refractivity contribution in [2.75, 3.05) is 38.2 Å². The summed E-state index contributed by atoms with van der Waals surface area (Å²) in [6, 6.07) is 13.7. The standard InChI is InChI=1S/C22H26N2O3/c1-16-5-4-6-20(13-16)23-9-11-24(12-10-23)22(26)15-19-14-18(17(2)25)7-8-21(19)27-3/h4-8,13-14H,9-12,15H2,1-3H3. The Bertz CT molecular complexity index is 839. The molecular weight excluding hydrogens is 340 g/mol. The maximum absolute atomic E-state index is 12.8. The van der Waals surface area contributed by atoms with Gasteiger partial charge in [-0.05, 0) is 49.7 Å². The highest BCUT2D eigenvalue weighted by atomic mass is 16.5. The lowest BCUT2D eigenvalue weighted by Crippen LogP contribution is -2.49. The second-order valence-electron chi connectivity index (χ2n) is 6.97. The van der Waals surface area contributed by atoms with E-state index in [-0.39, 0.29) is 18.1 Å². The predicted molar refractivity (Wildman–Crippen MR) is 107 cm³/mol. The van der Waals surface area contributed by atoms with Crippen LogP contribution in [0, 0.1) is 6.92 Å². The van der Waals surface area contributed by atoms with Crippen LogP contribution >= 0.6 is 0 Å². The van der Waals surface area contributed by atoms with E-state index in [0.717, 1.165) is 18.7 Å². The molecule has 2 aromatic carbocycles. The number of Topliss-reactive ketones (excluding diaryl/α,β-unsaturated/α-hetero) is 1. The highest BCUT2D eigenvalue weighted by Gasteiger charge is 2.22. The smallest absolute Gasteiger partial charge is 0.227 e. The van der Waals surface area contributed by atoms with Gasteiger partial charge in [-0.15, -0.1) is 0 Å². The first-order valence-electron chi connectivity index (χ1n) is 9.25. The number of carbonyl (C=O) groups is 2. The number of amides is 1. The molecule has 3 rings (SSSR count). The molecule has 0 N–H and O–H groups in total. The third kappa shape index (κ3) is 4.48. The Morgan fingerprint density at radius 1 is 1.04 bits per heavy atom. The third-order valence-corrected chi connectivity index (χ3v) is 5.03. The van der Waals surface area contributed by atoms with E-state index in [9.17, 15) is 9.59 Å². The summed E-state index contributed by atoms with van der Waals surface area (Å²) in [5, 5.41) is 0. The van der Waals surface area contributed by atoms with Gasteiger partial charge in [-0.3, -0.25) is 9.59 Å². The van der Waals surface area contributed by atoms with Crippen molar-refractivity contribution in [2.45, 2.75) is 20.3 Å². The summed E-state index contributed by atoms with van der Waals surface area (Å²) in [7, 11) is 1.58. The number of nitrogens with zero attached hydrogens (tertiary/aromatic N) is 2. The second-order valence-corrected chi connectivity index (χ2v) is 6.97. The van der Waals surface area contributed by atoms with E-state index in [0.29, 0.717) is 24.4 Å². The summed E-state index contributed by atoms with van der Waals surface area (Å²) in [6.07, 6.45) is 0.245. The van der Waals surface area contributed by atoms with Crippen LogP contribution in [0.25, 0.3) is 0 Å². The van der Waals surface area contributed by atoms with E-state index in [4.69, 9.17) is 4.74 Å². The number of hydrogen-bond acceptors (Lipinski definition) is 4. The molecule has 1 aliphatic rings. The first-order valence-corrected chi connectivity index (χ1v) is 9.25. The van der Waals surface area contributed by atoms with Gasteiger partial charge in [0.05, 0.1) is 13.5 Å². The van der Waals surface area contributed by atoms with E-state index >= 15 is 0 Å². The fraction of sp³-hybridized carbons (Fsp3) is 0.364. The molecule has 0 saturated carbocycles. The number of carbonyl (C=O) groups excluding carboxylic acids is 2. The van der Waals surface area contributed by atoms with E-state index in [2.05, 4.69) is 36.1 Å². The first kappa shape index (κ1) is 19.0. The zero-order chi connectivity index (χ0) is 19.4. The minimum absolute atomic E-state index is 0.0156. The van der Waals surface area contributed by atoms with Crippen molar-refractivity contribution >= 4 is 17.4 Å². The summed E-state index contributed by atoms with van der Waals surface area (Å²) in [4.78, 5) is 28.6. The highest BCUT2D eigenvalue weighted by molar-refractivity contribution is 5.94. The van der Waals surface area contributed by atoms with Crippen molar-refractivity contribution in [1.82, 2.24) is 4.90 Å². The number of hydrogen-bond donors (Lipinski definition) is 0. The lowest BCUT2D eigenvalue weighted by Gasteiger charge is -2.36. The van der Waals surface area contributed by atoms with Crippen LogP contribution in [0.2, 0.25) is 0 Å². The fourth-order valence-corrected chi connectivity index (χ4v) is 3.45. The minimum atomic E-state index is -0.0156. The van der Waals surface area contributed by atoms with Gasteiger partial charge in [0.2, 0.25) is 5.91 Å². The van der Waals surface area contributed by atoms with Gasteiger partial charge in [0.1, 0.15) is 5.75 Å². The average molecular weight is 366 g/mol. The number of benzene rings is 2. The molecule has 142 valence electrons. The molecule has 0 unspecified atom stereocenters. The summed E-state index contributed by atoms with van der Waals surface area (Å²) < 4.78 is 5.36. The van der Waals surface area contributed by atoms with Crippen LogP contribution < -0.4 is 9.64 Å². The number of ketones is 1. The Morgan fingerprint density at radius 2 is 1.78 bits per heavy atom. The van der Waals surface area contributed by atoms with Gasteiger partial charge in [0, 0.05) is 43.0 Å². The summed E-state index contributed by atoms with van der Waals surface area (Å²) in [5.74, 6) is 0.697. The van der Waals surface area contributed by atoms with Crippen LogP contribution in [0.5, 0.6) is 5.75 Å². The van der Waals surface area contributed by atoms with Crippen LogP contribution in [-0.4, -0.2) is 49.9 Å². The molecule has 0 aliphatic carbocycles. The molecule has 0 bridgehead atoms. The Morgan fingerprint density at radius 3 is 2.41 bits per heavy atom. The van der Waals surface area contributed by atoms with Gasteiger partial charge >= 0.3 is 0 Å². The lowest BCUT2D eigenvalue weighted by atomic mass is 10.0. The lowest BCUT2D eigenvalue weighted by molar-refractivity contribution is -0.130. The monoisotopic (exact) mass is 366 g/mol. The number of aryl methyl sites for hydroxylation is 1. The molecule has 1 saturated heterocycles. The zero-order valence-corrected chi connectivity index (χ0v) is 16.2. The molecule has 5 nitrogen and oxygen atoms in total. The van der Waals surface area contributed by atoms with Crippen LogP contribution in [-0.2, 0) is 11.2 Å². The second kappa shape index (κ2) is 8.25. The average Bonchev–Trinajstić information content (AvgIpc) is 2.68. The molecule has 27 heavy (non-hydrogen) atoms. The minimum Gasteiger partial charge on any atom is -0.496 e. The first-order chi connectivity index (χ1) is 13.0. The van der Waals surface area contributed by atoms with Crippen LogP contribution in [0.3, 0.4) is 0 Å². The molecule has 1 amide bonds. The third-order valence-electron chi connectivity index (χ3n) is 5.03. The Kier molecular flexibility index (Phi) is 5.79. The predicted octanol–water partition coefficient (Wildman–Crippen LogP) is 3.10. The van der Waals surface area contributed by atoms with Crippen LogP contribution in [0.4, 0.5) is 5.69 Å². The van der Waals surface area contributed by atoms with Crippen molar-refractivity contribution in [3.05, 3.63) is 59.2 Å². The molecule has 1 fully saturated rings. The molecule has 0 spiro atoms. The number of ether oxygens (including phenoxy) is 1. The summed E-state index contributed by atoms with van der Waals surface area (Å²) in [6.45, 7) is 6.65. The number of rotatable bonds is 5. The quantitative estimate of drug-likeness (QED) is 0.763. The SMILES string of the molecule is COc1ccc(C(C)=O)cc1CC(=O)N1CCN(c2cccc(C)c2)CC1. The Balaban J connectivity index is 1.65. The van der Waals surface area contributed by atoms with Crippen molar-refractivity contribution in [2.24, 2.45) is 0 Å². The molecule has 0 atom stereocenters. The fourth-order valence-electron chi connectivity index (χ4n) is 3.45. The van der Waals surface area contributed by atoms with Crippen LogP contribution in [0.15, 0.2) is 42.5 Å².